The Bertz CT molecular complexity index is 2580. The van der Waals surface area contributed by atoms with Crippen molar-refractivity contribution in [2.75, 3.05) is 0 Å². The van der Waals surface area contributed by atoms with Crippen molar-refractivity contribution in [3.05, 3.63) is 191 Å². The van der Waals surface area contributed by atoms with Gasteiger partial charge in [0.15, 0.2) is 5.82 Å². The quantitative estimate of drug-likeness (QED) is 0.187. The van der Waals surface area contributed by atoms with Crippen molar-refractivity contribution in [1.82, 2.24) is 9.97 Å². The first-order valence-corrected chi connectivity index (χ1v) is 17.7. The second-order valence-corrected chi connectivity index (χ2v) is 14.8. The van der Waals surface area contributed by atoms with E-state index >= 15 is 0 Å². The van der Waals surface area contributed by atoms with Crippen LogP contribution in [0.25, 0.3) is 44.3 Å². The Labute approximate surface area is 290 Å². The number of hydrogen-bond donors (Lipinski definition) is 0. The molecule has 0 atom stereocenters. The number of nitrogens with zero attached hydrogens (tertiary/aromatic N) is 2. The highest BCUT2D eigenvalue weighted by Crippen LogP contribution is 2.62. The van der Waals surface area contributed by atoms with E-state index in [-0.39, 0.29) is 5.41 Å². The van der Waals surface area contributed by atoms with E-state index in [9.17, 15) is 0 Å². The lowest BCUT2D eigenvalue weighted by Gasteiger charge is -2.50. The molecule has 1 aliphatic carbocycles. The molecule has 7 aromatic carbocycles. The number of hydrogen-bond acceptors (Lipinski definition) is 3. The zero-order valence-electron chi connectivity index (χ0n) is 27.3. The van der Waals surface area contributed by atoms with Gasteiger partial charge >= 0.3 is 0 Å². The van der Waals surface area contributed by atoms with Crippen molar-refractivity contribution in [3.63, 3.8) is 0 Å². The first-order valence-electron chi connectivity index (χ1n) is 16.9. The second kappa shape index (κ2) is 10.5. The maximum atomic E-state index is 5.53. The van der Waals surface area contributed by atoms with E-state index in [1.165, 1.54) is 53.9 Å². The van der Waals surface area contributed by atoms with Crippen molar-refractivity contribution in [2.24, 2.45) is 0 Å². The molecule has 0 bridgehead atoms. The summed E-state index contributed by atoms with van der Waals surface area (Å²) in [6.07, 6.45) is 0. The van der Waals surface area contributed by atoms with Crippen LogP contribution >= 0.6 is 11.8 Å². The minimum absolute atomic E-state index is 0.323. The van der Waals surface area contributed by atoms with Crippen LogP contribution in [-0.4, -0.2) is 9.97 Å². The van der Waals surface area contributed by atoms with Crippen molar-refractivity contribution >= 4 is 33.4 Å². The maximum absolute atomic E-state index is 5.53. The van der Waals surface area contributed by atoms with Gasteiger partial charge in [-0.05, 0) is 62.4 Å². The third-order valence-corrected chi connectivity index (χ3v) is 11.9. The van der Waals surface area contributed by atoms with E-state index in [0.29, 0.717) is 0 Å². The zero-order chi connectivity index (χ0) is 32.7. The molecule has 232 valence electrons. The molecule has 3 heteroatoms. The van der Waals surface area contributed by atoms with Crippen LogP contribution in [0.15, 0.2) is 168 Å². The summed E-state index contributed by atoms with van der Waals surface area (Å²) in [7, 11) is 0. The molecule has 0 saturated heterocycles. The fourth-order valence-corrected chi connectivity index (χ4v) is 9.96. The molecule has 2 nitrogen and oxygen atoms in total. The molecule has 2 heterocycles. The van der Waals surface area contributed by atoms with E-state index in [1.54, 1.807) is 0 Å². The van der Waals surface area contributed by atoms with Crippen LogP contribution in [0.4, 0.5) is 0 Å². The zero-order valence-corrected chi connectivity index (χ0v) is 28.1. The van der Waals surface area contributed by atoms with Crippen molar-refractivity contribution in [1.29, 1.82) is 0 Å². The van der Waals surface area contributed by atoms with Crippen molar-refractivity contribution < 1.29 is 0 Å². The first-order chi connectivity index (χ1) is 24.1. The molecule has 8 aromatic rings. The third kappa shape index (κ3) is 3.91. The Morgan fingerprint density at radius 1 is 0.449 bits per heavy atom. The van der Waals surface area contributed by atoms with Crippen LogP contribution in [0.5, 0.6) is 0 Å². The van der Waals surface area contributed by atoms with Crippen LogP contribution in [0.2, 0.25) is 0 Å². The summed E-state index contributed by atoms with van der Waals surface area (Å²) in [6.45, 7) is 4.76. The SMILES string of the molecule is CC1(C)c2ccccc2C2(c3ccccc3Sc3ccccc32)c2cccc(-c3nc(-c4cccc5ccccc45)c4ccccc4n3)c21. The van der Waals surface area contributed by atoms with Gasteiger partial charge in [0.1, 0.15) is 0 Å². The van der Waals surface area contributed by atoms with Crippen LogP contribution in [0.1, 0.15) is 47.2 Å². The summed E-state index contributed by atoms with van der Waals surface area (Å²) in [5, 5.41) is 3.45. The topological polar surface area (TPSA) is 25.8 Å². The number of benzene rings is 7. The minimum Gasteiger partial charge on any atom is -0.228 e. The number of aromatic nitrogens is 2. The van der Waals surface area contributed by atoms with Gasteiger partial charge < -0.3 is 0 Å². The number of fused-ring (bicyclic) bond motifs is 10. The molecule has 49 heavy (non-hydrogen) atoms. The Morgan fingerprint density at radius 2 is 1.00 bits per heavy atom. The molecular weight excluding hydrogens is 613 g/mol. The lowest BCUT2D eigenvalue weighted by molar-refractivity contribution is 0.550. The standard InChI is InChI=1S/C46H32N2S/c1-45(2)34-21-6-7-22-35(34)46(36-23-8-11-27-40(36)49-41-28-12-9-24-37(41)46)38-25-14-20-33(42(38)45)44-47-39-26-10-5-18-32(39)43(48-44)31-19-13-16-29-15-3-4-17-30(29)31/h3-28H,1-2H3. The molecule has 0 amide bonds. The van der Waals surface area contributed by atoms with Gasteiger partial charge in [0, 0.05) is 31.7 Å². The van der Waals surface area contributed by atoms with Crippen molar-refractivity contribution in [2.45, 2.75) is 34.5 Å². The molecule has 0 unspecified atom stereocenters. The summed E-state index contributed by atoms with van der Waals surface area (Å²) >= 11 is 1.88. The van der Waals surface area contributed by atoms with Crippen molar-refractivity contribution in [3.8, 4) is 22.6 Å². The van der Waals surface area contributed by atoms with Gasteiger partial charge in [-0.25, -0.2) is 9.97 Å². The molecule has 0 saturated carbocycles. The summed E-state index contributed by atoms with van der Waals surface area (Å²) in [5.74, 6) is 0.757. The monoisotopic (exact) mass is 644 g/mol. The third-order valence-electron chi connectivity index (χ3n) is 10.8. The lowest BCUT2D eigenvalue weighted by Crippen LogP contribution is -2.43. The van der Waals surface area contributed by atoms with Gasteiger partial charge in [0.2, 0.25) is 0 Å². The normalized spacial score (nSPS) is 15.0. The molecule has 10 rings (SSSR count). The highest BCUT2D eigenvalue weighted by molar-refractivity contribution is 7.99. The second-order valence-electron chi connectivity index (χ2n) is 13.7. The molecule has 2 aliphatic rings. The average Bonchev–Trinajstić information content (AvgIpc) is 3.15. The number of rotatable bonds is 2. The largest absolute Gasteiger partial charge is 0.228 e. The molecule has 0 radical (unpaired) electrons. The van der Waals surface area contributed by atoms with E-state index in [2.05, 4.69) is 172 Å². The first kappa shape index (κ1) is 28.5. The maximum Gasteiger partial charge on any atom is 0.160 e. The Morgan fingerprint density at radius 3 is 1.78 bits per heavy atom. The van der Waals surface area contributed by atoms with Crippen LogP contribution in [0.3, 0.4) is 0 Å². The van der Waals surface area contributed by atoms with E-state index in [4.69, 9.17) is 9.97 Å². The molecule has 1 spiro atoms. The lowest BCUT2D eigenvalue weighted by atomic mass is 9.53. The average molecular weight is 645 g/mol. The minimum atomic E-state index is -0.495. The predicted molar refractivity (Wildman–Crippen MR) is 202 cm³/mol. The number of para-hydroxylation sites is 1. The van der Waals surface area contributed by atoms with Gasteiger partial charge in [0.25, 0.3) is 0 Å². The predicted octanol–water partition coefficient (Wildman–Crippen LogP) is 11.6. The van der Waals surface area contributed by atoms with Crippen LogP contribution < -0.4 is 0 Å². The molecule has 1 aliphatic heterocycles. The van der Waals surface area contributed by atoms with Gasteiger partial charge in [-0.2, -0.15) is 0 Å². The summed E-state index contributed by atoms with van der Waals surface area (Å²) in [6, 6.07) is 57.5. The highest BCUT2D eigenvalue weighted by atomic mass is 32.2. The van der Waals surface area contributed by atoms with Crippen LogP contribution in [-0.2, 0) is 10.8 Å². The molecule has 1 aromatic heterocycles. The van der Waals surface area contributed by atoms with E-state index < -0.39 is 5.41 Å². The van der Waals surface area contributed by atoms with Gasteiger partial charge in [-0.15, -0.1) is 0 Å². The van der Waals surface area contributed by atoms with Crippen LogP contribution in [0, 0.1) is 0 Å². The summed E-state index contributed by atoms with van der Waals surface area (Å²) in [4.78, 5) is 13.5. The highest BCUT2D eigenvalue weighted by Gasteiger charge is 2.52. The summed E-state index contributed by atoms with van der Waals surface area (Å²) in [5.41, 5.74) is 11.2. The Balaban J connectivity index is 1.34. The molecular formula is C46H32N2S. The fraction of sp³-hybridized carbons (Fsp3) is 0.0870. The van der Waals surface area contributed by atoms with E-state index in [0.717, 1.165) is 33.5 Å². The van der Waals surface area contributed by atoms with Gasteiger partial charge in [0.05, 0.1) is 16.6 Å². The molecule has 0 fully saturated rings. The van der Waals surface area contributed by atoms with Gasteiger partial charge in [-0.1, -0.05) is 165 Å². The van der Waals surface area contributed by atoms with E-state index in [1.807, 2.05) is 11.8 Å². The molecule has 0 N–H and O–H groups in total. The smallest absolute Gasteiger partial charge is 0.160 e. The Kier molecular flexibility index (Phi) is 6.10. The Hall–Kier alpha value is -5.51. The van der Waals surface area contributed by atoms with Gasteiger partial charge in [-0.3, -0.25) is 0 Å². The fourth-order valence-electron chi connectivity index (χ4n) is 8.77. The summed E-state index contributed by atoms with van der Waals surface area (Å²) < 4.78 is 0.